The average Bonchev–Trinajstić information content (AvgIpc) is 2.35. The lowest BCUT2D eigenvalue weighted by molar-refractivity contribution is -0.118. The summed E-state index contributed by atoms with van der Waals surface area (Å²) in [6.45, 7) is 2.06. The summed E-state index contributed by atoms with van der Waals surface area (Å²) >= 11 is 6.89. The number of aromatic nitrogens is 2. The molecule has 1 N–H and O–H groups in total. The summed E-state index contributed by atoms with van der Waals surface area (Å²) in [5.74, 6) is -0.0365. The molecular weight excluding hydrogens is 198 g/mol. The molecule has 0 saturated carbocycles. The second-order valence-electron chi connectivity index (χ2n) is 2.18. The number of nitrogens with zero attached hydrogens (tertiary/aromatic N) is 2. The molecular formula is C6H8ClN3OS. The van der Waals surface area contributed by atoms with Crippen molar-refractivity contribution in [3.8, 4) is 0 Å². The number of hydrogen-bond donors (Lipinski definition) is 1. The fourth-order valence-electron chi connectivity index (χ4n) is 0.680. The van der Waals surface area contributed by atoms with E-state index < -0.39 is 0 Å². The van der Waals surface area contributed by atoms with Crippen LogP contribution in [0.2, 0.25) is 4.47 Å². The first kappa shape index (κ1) is 9.41. The van der Waals surface area contributed by atoms with Crippen LogP contribution in [0.1, 0.15) is 11.9 Å². The van der Waals surface area contributed by atoms with Crippen molar-refractivity contribution in [3.63, 3.8) is 0 Å². The summed E-state index contributed by atoms with van der Waals surface area (Å²) < 4.78 is 0.438. The van der Waals surface area contributed by atoms with Gasteiger partial charge in [-0.3, -0.25) is 4.79 Å². The molecule has 66 valence electrons. The summed E-state index contributed by atoms with van der Waals surface area (Å²) in [5.41, 5.74) is 0. The highest BCUT2D eigenvalue weighted by molar-refractivity contribution is 7.15. The Balaban J connectivity index is 2.29. The topological polar surface area (TPSA) is 54.9 Å². The molecule has 6 heteroatoms. The first-order chi connectivity index (χ1) is 5.68. The van der Waals surface area contributed by atoms with Crippen LogP contribution in [0.3, 0.4) is 0 Å². The molecule has 0 aromatic carbocycles. The van der Waals surface area contributed by atoms with Crippen molar-refractivity contribution in [1.82, 2.24) is 15.5 Å². The summed E-state index contributed by atoms with van der Waals surface area (Å²) in [4.78, 5) is 10.5. The fourth-order valence-corrected chi connectivity index (χ4v) is 1.55. The van der Waals surface area contributed by atoms with Crippen molar-refractivity contribution >= 4 is 28.8 Å². The molecule has 0 fully saturated rings. The van der Waals surface area contributed by atoms with Gasteiger partial charge < -0.3 is 5.32 Å². The molecule has 0 aliphatic carbocycles. The van der Waals surface area contributed by atoms with Crippen LogP contribution in [0.15, 0.2) is 0 Å². The standard InChI is InChI=1S/C6H8ClN3OS/c1-4(11)8-3-2-5-9-10-6(7)12-5/h2-3H2,1H3,(H,8,11). The van der Waals surface area contributed by atoms with Gasteiger partial charge >= 0.3 is 0 Å². The lowest BCUT2D eigenvalue weighted by atomic mass is 10.4. The molecule has 1 heterocycles. The van der Waals surface area contributed by atoms with Crippen molar-refractivity contribution in [2.45, 2.75) is 13.3 Å². The first-order valence-corrected chi connectivity index (χ1v) is 4.60. The van der Waals surface area contributed by atoms with Gasteiger partial charge in [0.1, 0.15) is 5.01 Å². The number of halogens is 1. The first-order valence-electron chi connectivity index (χ1n) is 3.41. The highest BCUT2D eigenvalue weighted by Crippen LogP contribution is 2.14. The Kier molecular flexibility index (Phi) is 3.43. The molecule has 0 atom stereocenters. The number of amides is 1. The molecule has 12 heavy (non-hydrogen) atoms. The zero-order valence-corrected chi connectivity index (χ0v) is 8.08. The molecule has 0 radical (unpaired) electrons. The average molecular weight is 206 g/mol. The number of nitrogens with one attached hydrogen (secondary N) is 1. The minimum atomic E-state index is -0.0365. The number of rotatable bonds is 3. The van der Waals surface area contributed by atoms with Gasteiger partial charge in [-0.25, -0.2) is 0 Å². The third-order valence-corrected chi connectivity index (χ3v) is 2.23. The van der Waals surface area contributed by atoms with Crippen LogP contribution in [0.5, 0.6) is 0 Å². The van der Waals surface area contributed by atoms with Gasteiger partial charge in [-0.2, -0.15) is 0 Å². The Hall–Kier alpha value is -0.680. The third kappa shape index (κ3) is 3.15. The van der Waals surface area contributed by atoms with Crippen molar-refractivity contribution in [2.24, 2.45) is 0 Å². The number of carbonyl (C=O) groups is 1. The van der Waals surface area contributed by atoms with Gasteiger partial charge in [-0.05, 0) is 11.6 Å². The van der Waals surface area contributed by atoms with Crippen LogP contribution in [0, 0.1) is 0 Å². The Morgan fingerprint density at radius 3 is 2.92 bits per heavy atom. The second kappa shape index (κ2) is 4.37. The summed E-state index contributed by atoms with van der Waals surface area (Å²) in [5, 5.41) is 10.9. The zero-order valence-electron chi connectivity index (χ0n) is 6.50. The predicted octanol–water partition coefficient (Wildman–Crippen LogP) is 0.870. The van der Waals surface area contributed by atoms with Gasteiger partial charge in [-0.15, -0.1) is 10.2 Å². The van der Waals surface area contributed by atoms with E-state index in [9.17, 15) is 4.79 Å². The fraction of sp³-hybridized carbons (Fsp3) is 0.500. The Morgan fingerprint density at radius 2 is 2.42 bits per heavy atom. The monoisotopic (exact) mass is 205 g/mol. The van der Waals surface area contributed by atoms with Crippen LogP contribution in [-0.2, 0) is 11.2 Å². The second-order valence-corrected chi connectivity index (χ2v) is 3.83. The maximum Gasteiger partial charge on any atom is 0.216 e. The van der Waals surface area contributed by atoms with Gasteiger partial charge in [0, 0.05) is 19.9 Å². The Labute approximate surface area is 79.0 Å². The van der Waals surface area contributed by atoms with E-state index in [-0.39, 0.29) is 5.91 Å². The van der Waals surface area contributed by atoms with Gasteiger partial charge in [0.25, 0.3) is 0 Å². The largest absolute Gasteiger partial charge is 0.356 e. The van der Waals surface area contributed by atoms with E-state index in [2.05, 4.69) is 15.5 Å². The van der Waals surface area contributed by atoms with Crippen LogP contribution >= 0.6 is 22.9 Å². The Morgan fingerprint density at radius 1 is 1.67 bits per heavy atom. The summed E-state index contributed by atoms with van der Waals surface area (Å²) in [6, 6.07) is 0. The van der Waals surface area contributed by atoms with Gasteiger partial charge in [0.2, 0.25) is 10.4 Å². The maximum absolute atomic E-state index is 10.5. The molecule has 1 aromatic heterocycles. The minimum absolute atomic E-state index is 0.0365. The summed E-state index contributed by atoms with van der Waals surface area (Å²) in [7, 11) is 0. The van der Waals surface area contributed by atoms with E-state index in [1.165, 1.54) is 18.3 Å². The Bertz CT molecular complexity index is 276. The van der Waals surface area contributed by atoms with Gasteiger partial charge in [0.05, 0.1) is 0 Å². The van der Waals surface area contributed by atoms with E-state index in [1.807, 2.05) is 0 Å². The van der Waals surface area contributed by atoms with E-state index in [0.717, 1.165) is 5.01 Å². The van der Waals surface area contributed by atoms with Gasteiger partial charge in [0.15, 0.2) is 0 Å². The minimum Gasteiger partial charge on any atom is -0.356 e. The van der Waals surface area contributed by atoms with E-state index >= 15 is 0 Å². The molecule has 0 unspecified atom stereocenters. The van der Waals surface area contributed by atoms with Crippen LogP contribution in [-0.4, -0.2) is 22.6 Å². The molecule has 0 aliphatic heterocycles. The zero-order chi connectivity index (χ0) is 8.97. The highest BCUT2D eigenvalue weighted by Gasteiger charge is 2.00. The normalized spacial score (nSPS) is 9.83. The number of carbonyl (C=O) groups excluding carboxylic acids is 1. The van der Waals surface area contributed by atoms with Crippen molar-refractivity contribution < 1.29 is 4.79 Å². The molecule has 0 aliphatic rings. The van der Waals surface area contributed by atoms with Crippen LogP contribution in [0.4, 0.5) is 0 Å². The molecule has 1 aromatic rings. The van der Waals surface area contributed by atoms with E-state index in [0.29, 0.717) is 17.4 Å². The molecule has 4 nitrogen and oxygen atoms in total. The number of hydrogen-bond acceptors (Lipinski definition) is 4. The quantitative estimate of drug-likeness (QED) is 0.797. The van der Waals surface area contributed by atoms with Crippen LogP contribution in [0.25, 0.3) is 0 Å². The van der Waals surface area contributed by atoms with Crippen molar-refractivity contribution in [2.75, 3.05) is 6.54 Å². The molecule has 0 bridgehead atoms. The molecule has 0 saturated heterocycles. The maximum atomic E-state index is 10.5. The van der Waals surface area contributed by atoms with Gasteiger partial charge in [-0.1, -0.05) is 11.3 Å². The van der Waals surface area contributed by atoms with Crippen molar-refractivity contribution in [1.29, 1.82) is 0 Å². The van der Waals surface area contributed by atoms with Crippen molar-refractivity contribution in [3.05, 3.63) is 9.47 Å². The third-order valence-electron chi connectivity index (χ3n) is 1.15. The predicted molar refractivity (Wildman–Crippen MR) is 47.3 cm³/mol. The smallest absolute Gasteiger partial charge is 0.216 e. The lowest BCUT2D eigenvalue weighted by Gasteiger charge is -1.96. The molecule has 1 amide bonds. The van der Waals surface area contributed by atoms with E-state index in [1.54, 1.807) is 0 Å². The molecule has 0 spiro atoms. The van der Waals surface area contributed by atoms with Crippen LogP contribution < -0.4 is 5.32 Å². The van der Waals surface area contributed by atoms with E-state index in [4.69, 9.17) is 11.6 Å². The highest BCUT2D eigenvalue weighted by atomic mass is 35.5. The lowest BCUT2D eigenvalue weighted by Crippen LogP contribution is -2.22. The SMILES string of the molecule is CC(=O)NCCc1nnc(Cl)s1. The molecule has 1 rings (SSSR count). The summed E-state index contributed by atoms with van der Waals surface area (Å²) in [6.07, 6.45) is 0.684.